The van der Waals surface area contributed by atoms with Crippen LogP contribution in [-0.2, 0) is 6.42 Å². The lowest BCUT2D eigenvalue weighted by molar-refractivity contribution is 0.288. The van der Waals surface area contributed by atoms with Crippen LogP contribution >= 0.6 is 22.6 Å². The summed E-state index contributed by atoms with van der Waals surface area (Å²) in [5.41, 5.74) is 1.62. The highest BCUT2D eigenvalue weighted by Crippen LogP contribution is 2.17. The van der Waals surface area contributed by atoms with Gasteiger partial charge >= 0.3 is 0 Å². The van der Waals surface area contributed by atoms with Crippen LogP contribution in [0.25, 0.3) is 5.69 Å². The van der Waals surface area contributed by atoms with Crippen LogP contribution in [-0.4, -0.2) is 26.7 Å². The number of benzene rings is 1. The Morgan fingerprint density at radius 2 is 2.24 bits per heavy atom. The highest BCUT2D eigenvalue weighted by molar-refractivity contribution is 14.1. The standard InChI is InChI=1S/C11H11FIN3O/c12-8-3-4-11(10(13)6-8)16-7-9(14-15-16)2-1-5-17/h3-4,6-7,17H,1-2,5H2. The van der Waals surface area contributed by atoms with E-state index < -0.39 is 0 Å². The summed E-state index contributed by atoms with van der Waals surface area (Å²) in [5, 5.41) is 16.7. The van der Waals surface area contributed by atoms with Gasteiger partial charge in [0.15, 0.2) is 0 Å². The van der Waals surface area contributed by atoms with Gasteiger partial charge in [0.25, 0.3) is 0 Å². The Morgan fingerprint density at radius 3 is 2.94 bits per heavy atom. The molecule has 1 heterocycles. The molecule has 0 aliphatic heterocycles. The summed E-state index contributed by atoms with van der Waals surface area (Å²) in [4.78, 5) is 0. The highest BCUT2D eigenvalue weighted by atomic mass is 127. The SMILES string of the molecule is OCCCc1cn(-c2ccc(F)cc2I)nn1. The summed E-state index contributed by atoms with van der Waals surface area (Å²) in [5.74, 6) is -0.265. The summed E-state index contributed by atoms with van der Waals surface area (Å²) in [7, 11) is 0. The molecule has 0 aliphatic carbocycles. The van der Waals surface area contributed by atoms with Gasteiger partial charge in [-0.15, -0.1) is 5.10 Å². The van der Waals surface area contributed by atoms with Crippen LogP contribution in [0.1, 0.15) is 12.1 Å². The second kappa shape index (κ2) is 5.54. The van der Waals surface area contributed by atoms with Crippen LogP contribution in [0.2, 0.25) is 0 Å². The number of halogens is 2. The Bertz CT molecular complexity index is 515. The maximum atomic E-state index is 13.0. The Morgan fingerprint density at radius 1 is 1.41 bits per heavy atom. The first-order valence-electron chi connectivity index (χ1n) is 5.18. The van der Waals surface area contributed by atoms with Gasteiger partial charge in [0.1, 0.15) is 5.82 Å². The average Bonchev–Trinajstić information content (AvgIpc) is 2.75. The number of aryl methyl sites for hydroxylation is 1. The molecular formula is C11H11FIN3O. The van der Waals surface area contributed by atoms with Crippen molar-refractivity contribution >= 4 is 22.6 Å². The van der Waals surface area contributed by atoms with Gasteiger partial charge in [0.05, 0.1) is 17.6 Å². The molecule has 4 nitrogen and oxygen atoms in total. The molecule has 0 unspecified atom stereocenters. The lowest BCUT2D eigenvalue weighted by atomic mass is 10.2. The summed E-state index contributed by atoms with van der Waals surface area (Å²) in [6.07, 6.45) is 3.15. The molecule has 0 atom stereocenters. The third-order valence-electron chi connectivity index (χ3n) is 2.29. The van der Waals surface area contributed by atoms with Gasteiger partial charge in [-0.3, -0.25) is 0 Å². The van der Waals surface area contributed by atoms with Crippen molar-refractivity contribution in [3.8, 4) is 5.69 Å². The molecule has 1 aromatic carbocycles. The van der Waals surface area contributed by atoms with E-state index in [1.807, 2.05) is 0 Å². The average molecular weight is 347 g/mol. The van der Waals surface area contributed by atoms with Crippen molar-refractivity contribution in [3.05, 3.63) is 39.5 Å². The van der Waals surface area contributed by atoms with Crippen molar-refractivity contribution in [2.75, 3.05) is 6.61 Å². The zero-order chi connectivity index (χ0) is 12.3. The molecule has 2 rings (SSSR count). The Kier molecular flexibility index (Phi) is 4.06. The van der Waals surface area contributed by atoms with E-state index in [0.29, 0.717) is 12.8 Å². The minimum Gasteiger partial charge on any atom is -0.396 e. The minimum absolute atomic E-state index is 0.140. The predicted molar refractivity (Wildman–Crippen MR) is 69.4 cm³/mol. The fourth-order valence-corrected chi connectivity index (χ4v) is 2.18. The lowest BCUT2D eigenvalue weighted by Gasteiger charge is -2.02. The molecule has 1 aromatic heterocycles. The van der Waals surface area contributed by atoms with Gasteiger partial charge in [0, 0.05) is 10.2 Å². The molecule has 2 aromatic rings. The lowest BCUT2D eigenvalue weighted by Crippen LogP contribution is -1.98. The molecule has 0 fully saturated rings. The normalized spacial score (nSPS) is 10.8. The molecule has 0 bridgehead atoms. The van der Waals surface area contributed by atoms with Crippen LogP contribution in [0.15, 0.2) is 24.4 Å². The zero-order valence-electron chi connectivity index (χ0n) is 8.98. The molecule has 1 N–H and O–H groups in total. The quantitative estimate of drug-likeness (QED) is 0.860. The molecule has 90 valence electrons. The largest absolute Gasteiger partial charge is 0.396 e. The van der Waals surface area contributed by atoms with Crippen LogP contribution in [0, 0.1) is 9.39 Å². The first kappa shape index (κ1) is 12.4. The van der Waals surface area contributed by atoms with Crippen LogP contribution in [0.4, 0.5) is 4.39 Å². The Labute approximate surface area is 112 Å². The Hall–Kier alpha value is -1.02. The van der Waals surface area contributed by atoms with Crippen molar-refractivity contribution in [3.63, 3.8) is 0 Å². The van der Waals surface area contributed by atoms with Gasteiger partial charge in [-0.2, -0.15) is 0 Å². The first-order valence-corrected chi connectivity index (χ1v) is 6.26. The van der Waals surface area contributed by atoms with Gasteiger partial charge in [-0.05, 0) is 53.6 Å². The van der Waals surface area contributed by atoms with E-state index in [9.17, 15) is 4.39 Å². The summed E-state index contributed by atoms with van der Waals surface area (Å²) >= 11 is 2.06. The topological polar surface area (TPSA) is 50.9 Å². The molecule has 0 amide bonds. The van der Waals surface area contributed by atoms with Crippen molar-refractivity contribution in [2.24, 2.45) is 0 Å². The van der Waals surface area contributed by atoms with Crippen molar-refractivity contribution in [1.29, 1.82) is 0 Å². The minimum atomic E-state index is -0.265. The number of hydrogen-bond acceptors (Lipinski definition) is 3. The predicted octanol–water partition coefficient (Wildman–Crippen LogP) is 1.94. The Balaban J connectivity index is 2.24. The number of nitrogens with zero attached hydrogens (tertiary/aromatic N) is 3. The van der Waals surface area contributed by atoms with E-state index in [-0.39, 0.29) is 12.4 Å². The summed E-state index contributed by atoms with van der Waals surface area (Å²) in [6, 6.07) is 4.51. The van der Waals surface area contributed by atoms with E-state index in [1.54, 1.807) is 16.9 Å². The van der Waals surface area contributed by atoms with E-state index in [0.717, 1.165) is 15.0 Å². The second-order valence-electron chi connectivity index (χ2n) is 3.58. The number of aliphatic hydroxyl groups excluding tert-OH is 1. The highest BCUT2D eigenvalue weighted by Gasteiger charge is 2.06. The van der Waals surface area contributed by atoms with Crippen LogP contribution in [0.3, 0.4) is 0 Å². The van der Waals surface area contributed by atoms with E-state index in [1.165, 1.54) is 12.1 Å². The van der Waals surface area contributed by atoms with Crippen molar-refractivity contribution in [2.45, 2.75) is 12.8 Å². The molecule has 0 radical (unpaired) electrons. The fraction of sp³-hybridized carbons (Fsp3) is 0.273. The van der Waals surface area contributed by atoms with E-state index in [4.69, 9.17) is 5.11 Å². The number of hydrogen-bond donors (Lipinski definition) is 1. The van der Waals surface area contributed by atoms with Crippen molar-refractivity contribution in [1.82, 2.24) is 15.0 Å². The smallest absolute Gasteiger partial charge is 0.124 e. The third-order valence-corrected chi connectivity index (χ3v) is 3.15. The van der Waals surface area contributed by atoms with Gasteiger partial charge in [-0.1, -0.05) is 5.21 Å². The molecule has 6 heteroatoms. The number of rotatable bonds is 4. The second-order valence-corrected chi connectivity index (χ2v) is 4.74. The molecule has 0 saturated carbocycles. The molecule has 0 aliphatic rings. The summed E-state index contributed by atoms with van der Waals surface area (Å²) < 4.78 is 15.4. The number of aliphatic hydroxyl groups is 1. The van der Waals surface area contributed by atoms with Crippen LogP contribution in [0.5, 0.6) is 0 Å². The first-order chi connectivity index (χ1) is 8.20. The zero-order valence-corrected chi connectivity index (χ0v) is 11.1. The molecule has 0 saturated heterocycles. The maximum absolute atomic E-state index is 13.0. The maximum Gasteiger partial charge on any atom is 0.124 e. The van der Waals surface area contributed by atoms with E-state index >= 15 is 0 Å². The third kappa shape index (κ3) is 3.01. The van der Waals surface area contributed by atoms with Crippen molar-refractivity contribution < 1.29 is 9.50 Å². The monoisotopic (exact) mass is 347 g/mol. The molecular weight excluding hydrogens is 336 g/mol. The van der Waals surface area contributed by atoms with E-state index in [2.05, 4.69) is 32.9 Å². The fourth-order valence-electron chi connectivity index (χ4n) is 1.46. The van der Waals surface area contributed by atoms with Gasteiger partial charge in [0.2, 0.25) is 0 Å². The van der Waals surface area contributed by atoms with Crippen LogP contribution < -0.4 is 0 Å². The van der Waals surface area contributed by atoms with Gasteiger partial charge in [-0.25, -0.2) is 9.07 Å². The molecule has 0 spiro atoms. The number of aromatic nitrogens is 3. The van der Waals surface area contributed by atoms with Gasteiger partial charge < -0.3 is 5.11 Å². The molecule has 17 heavy (non-hydrogen) atoms. The summed E-state index contributed by atoms with van der Waals surface area (Å²) in [6.45, 7) is 0.140.